The third kappa shape index (κ3) is 3.18. The van der Waals surface area contributed by atoms with Crippen LogP contribution in [0.1, 0.15) is 35.4 Å². The van der Waals surface area contributed by atoms with Gasteiger partial charge in [-0.3, -0.25) is 0 Å². The Morgan fingerprint density at radius 1 is 1.00 bits per heavy atom. The first kappa shape index (κ1) is 13.9. The summed E-state index contributed by atoms with van der Waals surface area (Å²) in [5.74, 6) is 0.702. The molecule has 1 heterocycles. The van der Waals surface area contributed by atoms with Gasteiger partial charge < -0.3 is 4.90 Å². The number of nitrogens with zero attached hydrogens (tertiary/aromatic N) is 1. The Hall–Kier alpha value is -2.02. The lowest BCUT2D eigenvalue weighted by Crippen LogP contribution is -2.31. The zero-order chi connectivity index (χ0) is 14.7. The van der Waals surface area contributed by atoms with Crippen LogP contribution >= 0.6 is 0 Å². The number of benzene rings is 2. The van der Waals surface area contributed by atoms with Crippen LogP contribution in [0, 0.1) is 6.92 Å². The van der Waals surface area contributed by atoms with Crippen molar-refractivity contribution in [1.29, 1.82) is 0 Å². The minimum atomic E-state index is 0.702. The first-order valence-electron chi connectivity index (χ1n) is 7.80. The summed E-state index contributed by atoms with van der Waals surface area (Å²) < 4.78 is 0. The second-order valence-corrected chi connectivity index (χ2v) is 5.99. The zero-order valence-corrected chi connectivity index (χ0v) is 12.8. The maximum absolute atomic E-state index is 4.31. The van der Waals surface area contributed by atoms with Gasteiger partial charge >= 0.3 is 0 Å². The lowest BCUT2D eigenvalue weighted by atomic mass is 9.89. The summed E-state index contributed by atoms with van der Waals surface area (Å²) in [5.41, 5.74) is 5.21. The normalized spacial score (nSPS) is 16.0. The van der Waals surface area contributed by atoms with Crippen LogP contribution in [-0.4, -0.2) is 18.0 Å². The first-order chi connectivity index (χ1) is 10.2. The molecule has 1 nitrogen and oxygen atoms in total. The van der Waals surface area contributed by atoms with Gasteiger partial charge in [-0.1, -0.05) is 60.7 Å². The molecule has 3 rings (SSSR count). The second-order valence-electron chi connectivity index (χ2n) is 5.99. The third-order valence-electron chi connectivity index (χ3n) is 4.50. The Bertz CT molecular complexity index is 607. The number of hydrogen-bond acceptors (Lipinski definition) is 1. The fraction of sp³-hybridized carbons (Fsp3) is 0.300. The molecule has 0 N–H and O–H groups in total. The second kappa shape index (κ2) is 6.17. The highest BCUT2D eigenvalue weighted by molar-refractivity contribution is 5.62. The molecule has 0 aromatic heterocycles. The van der Waals surface area contributed by atoms with E-state index in [1.807, 2.05) is 0 Å². The van der Waals surface area contributed by atoms with Crippen LogP contribution in [0.3, 0.4) is 0 Å². The summed E-state index contributed by atoms with van der Waals surface area (Å²) in [4.78, 5) is 2.44. The number of rotatable bonds is 3. The number of piperidine rings is 1. The van der Waals surface area contributed by atoms with Crippen molar-refractivity contribution in [2.24, 2.45) is 0 Å². The van der Waals surface area contributed by atoms with Gasteiger partial charge in [0.2, 0.25) is 0 Å². The maximum atomic E-state index is 4.31. The highest BCUT2D eigenvalue weighted by Gasteiger charge is 2.21. The number of aryl methyl sites for hydroxylation is 1. The molecule has 1 aliphatic rings. The van der Waals surface area contributed by atoms with Crippen LogP contribution in [0.25, 0.3) is 5.70 Å². The van der Waals surface area contributed by atoms with Crippen LogP contribution in [-0.2, 0) is 0 Å². The van der Waals surface area contributed by atoms with E-state index >= 15 is 0 Å². The molecule has 0 bridgehead atoms. The molecular formula is C20H23N. The summed E-state index contributed by atoms with van der Waals surface area (Å²) in [6.07, 6.45) is 2.43. The molecule has 21 heavy (non-hydrogen) atoms. The molecule has 2 aromatic carbocycles. The van der Waals surface area contributed by atoms with Crippen molar-refractivity contribution in [2.75, 3.05) is 13.1 Å². The SMILES string of the molecule is C=C(c1cccc(C)c1)N1CCC(c2ccccc2)CC1. The standard InChI is InChI=1S/C20H23N/c1-16-7-6-10-20(15-16)17(2)21-13-11-19(12-14-21)18-8-4-3-5-9-18/h3-10,15,19H,2,11-14H2,1H3. The molecule has 0 radical (unpaired) electrons. The minimum absolute atomic E-state index is 0.702. The van der Waals surface area contributed by atoms with Crippen LogP contribution in [0.4, 0.5) is 0 Å². The van der Waals surface area contributed by atoms with Gasteiger partial charge in [0, 0.05) is 18.8 Å². The van der Waals surface area contributed by atoms with Gasteiger partial charge in [-0.25, -0.2) is 0 Å². The van der Waals surface area contributed by atoms with Crippen LogP contribution in [0.2, 0.25) is 0 Å². The van der Waals surface area contributed by atoms with Crippen LogP contribution < -0.4 is 0 Å². The lowest BCUT2D eigenvalue weighted by molar-refractivity contribution is 0.299. The van der Waals surface area contributed by atoms with E-state index in [4.69, 9.17) is 0 Å². The summed E-state index contributed by atoms with van der Waals surface area (Å²) in [6, 6.07) is 19.6. The van der Waals surface area contributed by atoms with Crippen molar-refractivity contribution in [3.05, 3.63) is 77.9 Å². The lowest BCUT2D eigenvalue weighted by Gasteiger charge is -2.35. The van der Waals surface area contributed by atoms with Gasteiger partial charge in [-0.15, -0.1) is 0 Å². The van der Waals surface area contributed by atoms with Crippen molar-refractivity contribution < 1.29 is 0 Å². The van der Waals surface area contributed by atoms with Gasteiger partial charge in [-0.2, -0.15) is 0 Å². The molecule has 1 fully saturated rings. The van der Waals surface area contributed by atoms with E-state index in [1.165, 1.54) is 35.2 Å². The number of hydrogen-bond donors (Lipinski definition) is 0. The average molecular weight is 277 g/mol. The fourth-order valence-electron chi connectivity index (χ4n) is 3.22. The van der Waals surface area contributed by atoms with Crippen LogP contribution in [0.15, 0.2) is 61.2 Å². The fourth-order valence-corrected chi connectivity index (χ4v) is 3.22. The van der Waals surface area contributed by atoms with E-state index in [9.17, 15) is 0 Å². The molecule has 0 atom stereocenters. The zero-order valence-electron chi connectivity index (χ0n) is 12.8. The molecule has 0 unspecified atom stereocenters. The van der Waals surface area contributed by atoms with Crippen molar-refractivity contribution in [3.8, 4) is 0 Å². The van der Waals surface area contributed by atoms with E-state index in [0.29, 0.717) is 5.92 Å². The van der Waals surface area contributed by atoms with Crippen molar-refractivity contribution in [1.82, 2.24) is 4.90 Å². The first-order valence-corrected chi connectivity index (χ1v) is 7.80. The summed E-state index contributed by atoms with van der Waals surface area (Å²) in [7, 11) is 0. The summed E-state index contributed by atoms with van der Waals surface area (Å²) >= 11 is 0. The van der Waals surface area contributed by atoms with E-state index in [2.05, 4.69) is 73.0 Å². The van der Waals surface area contributed by atoms with Crippen LogP contribution in [0.5, 0.6) is 0 Å². The maximum Gasteiger partial charge on any atom is 0.0366 e. The smallest absolute Gasteiger partial charge is 0.0366 e. The highest BCUT2D eigenvalue weighted by atomic mass is 15.1. The summed E-state index contributed by atoms with van der Waals surface area (Å²) in [5, 5.41) is 0. The van der Waals surface area contributed by atoms with Crippen molar-refractivity contribution >= 4 is 5.70 Å². The minimum Gasteiger partial charge on any atom is -0.371 e. The van der Waals surface area contributed by atoms with E-state index in [-0.39, 0.29) is 0 Å². The quantitative estimate of drug-likeness (QED) is 0.775. The predicted molar refractivity (Wildman–Crippen MR) is 90.2 cm³/mol. The molecule has 0 spiro atoms. The Kier molecular flexibility index (Phi) is 4.10. The monoisotopic (exact) mass is 277 g/mol. The predicted octanol–water partition coefficient (Wildman–Crippen LogP) is 4.85. The molecule has 2 aromatic rings. The van der Waals surface area contributed by atoms with Gasteiger partial charge in [0.05, 0.1) is 0 Å². The molecule has 0 saturated carbocycles. The topological polar surface area (TPSA) is 3.24 Å². The third-order valence-corrected chi connectivity index (χ3v) is 4.50. The largest absolute Gasteiger partial charge is 0.371 e. The Morgan fingerprint density at radius 2 is 1.71 bits per heavy atom. The van der Waals surface area contributed by atoms with Gasteiger partial charge in [0.15, 0.2) is 0 Å². The van der Waals surface area contributed by atoms with Gasteiger partial charge in [0.25, 0.3) is 0 Å². The van der Waals surface area contributed by atoms with Crippen molar-refractivity contribution in [3.63, 3.8) is 0 Å². The average Bonchev–Trinajstić information content (AvgIpc) is 2.55. The Morgan fingerprint density at radius 3 is 2.38 bits per heavy atom. The van der Waals surface area contributed by atoms with Crippen molar-refractivity contribution in [2.45, 2.75) is 25.7 Å². The highest BCUT2D eigenvalue weighted by Crippen LogP contribution is 2.31. The molecule has 0 aliphatic carbocycles. The Labute approximate surface area is 127 Å². The van der Waals surface area contributed by atoms with Gasteiger partial charge in [0.1, 0.15) is 0 Å². The molecule has 1 saturated heterocycles. The molecule has 108 valence electrons. The number of likely N-dealkylation sites (tertiary alicyclic amines) is 1. The van der Waals surface area contributed by atoms with E-state index in [1.54, 1.807) is 0 Å². The van der Waals surface area contributed by atoms with E-state index < -0.39 is 0 Å². The molecule has 0 amide bonds. The van der Waals surface area contributed by atoms with E-state index in [0.717, 1.165) is 13.1 Å². The van der Waals surface area contributed by atoms with Gasteiger partial charge in [-0.05, 0) is 42.9 Å². The molecule has 1 heteroatoms. The molecule has 1 aliphatic heterocycles. The molecular weight excluding hydrogens is 254 g/mol. The summed E-state index contributed by atoms with van der Waals surface area (Å²) in [6.45, 7) is 8.66. The Balaban J connectivity index is 1.64.